The lowest BCUT2D eigenvalue weighted by Gasteiger charge is -2.29. The molecule has 0 amide bonds. The highest BCUT2D eigenvalue weighted by molar-refractivity contribution is 7.21. The molecule has 1 saturated carbocycles. The molecule has 1 aliphatic carbocycles. The molecule has 0 bridgehead atoms. The Balaban J connectivity index is 1.56. The van der Waals surface area contributed by atoms with Crippen LogP contribution < -0.4 is 10.6 Å². The molecule has 0 radical (unpaired) electrons. The highest BCUT2D eigenvalue weighted by Gasteiger charge is 2.41. The Labute approximate surface area is 187 Å². The second kappa shape index (κ2) is 8.12. The molecule has 5 rings (SSSR count). The summed E-state index contributed by atoms with van der Waals surface area (Å²) in [5.41, 5.74) is 0.816. The number of nitrogens with one attached hydrogen (secondary N) is 2. The summed E-state index contributed by atoms with van der Waals surface area (Å²) < 4.78 is 1.01. The summed E-state index contributed by atoms with van der Waals surface area (Å²) in [6.07, 6.45) is 4.32. The first-order valence-electron chi connectivity index (χ1n) is 10.1. The maximum atomic E-state index is 11.0. The smallest absolute Gasteiger partial charge is 0.225 e. The molecule has 1 fully saturated rings. The predicted molar refractivity (Wildman–Crippen MR) is 123 cm³/mol. The van der Waals surface area contributed by atoms with Crippen molar-refractivity contribution in [2.75, 3.05) is 10.6 Å². The Morgan fingerprint density at radius 2 is 2.16 bits per heavy atom. The van der Waals surface area contributed by atoms with E-state index in [1.54, 1.807) is 23.7 Å². The Kier molecular flexibility index (Phi) is 5.30. The number of rotatable bonds is 6. The molecule has 0 aliphatic heterocycles. The molecule has 4 aromatic rings. The molecule has 0 aromatic carbocycles. The lowest BCUT2D eigenvalue weighted by molar-refractivity contribution is -0.0310. The van der Waals surface area contributed by atoms with Gasteiger partial charge in [-0.1, -0.05) is 6.07 Å². The summed E-state index contributed by atoms with van der Waals surface area (Å²) in [6, 6.07) is 5.97. The molecule has 0 spiro atoms. The van der Waals surface area contributed by atoms with Crippen molar-refractivity contribution in [2.24, 2.45) is 0 Å². The molecule has 4 aromatic heterocycles. The first-order chi connectivity index (χ1) is 15.0. The van der Waals surface area contributed by atoms with Gasteiger partial charge in [0.15, 0.2) is 5.72 Å². The third kappa shape index (κ3) is 3.99. The van der Waals surface area contributed by atoms with Crippen LogP contribution in [0, 0.1) is 6.92 Å². The Bertz CT molecular complexity index is 1180. The molecule has 160 valence electrons. The number of anilines is 2. The van der Waals surface area contributed by atoms with E-state index in [9.17, 15) is 10.2 Å². The third-order valence-corrected chi connectivity index (χ3v) is 7.35. The number of fused-ring (bicyclic) bond motifs is 1. The van der Waals surface area contributed by atoms with Crippen LogP contribution in [0.3, 0.4) is 0 Å². The van der Waals surface area contributed by atoms with Gasteiger partial charge >= 0.3 is 0 Å². The van der Waals surface area contributed by atoms with Crippen LogP contribution in [-0.4, -0.2) is 42.0 Å². The van der Waals surface area contributed by atoms with Gasteiger partial charge in [0.05, 0.1) is 28.7 Å². The molecule has 10 heteroatoms. The molecule has 8 nitrogen and oxygen atoms in total. The van der Waals surface area contributed by atoms with Crippen molar-refractivity contribution < 1.29 is 10.2 Å². The fourth-order valence-electron chi connectivity index (χ4n) is 3.79. The first-order valence-corrected chi connectivity index (χ1v) is 11.8. The SMILES string of the molecule is Cc1nc(NCc2cccs2)nc(NC2(O)CCCC2O)c1-c1nc2cnccc2s1. The maximum absolute atomic E-state index is 11.0. The maximum Gasteiger partial charge on any atom is 0.225 e. The number of thiazole rings is 1. The second-order valence-electron chi connectivity index (χ2n) is 7.61. The number of thiophene rings is 1. The molecule has 4 heterocycles. The highest BCUT2D eigenvalue weighted by Crippen LogP contribution is 2.39. The number of hydrogen-bond donors (Lipinski definition) is 4. The summed E-state index contributed by atoms with van der Waals surface area (Å²) in [6.45, 7) is 2.51. The van der Waals surface area contributed by atoms with Crippen molar-refractivity contribution in [1.29, 1.82) is 0 Å². The zero-order valence-corrected chi connectivity index (χ0v) is 18.5. The van der Waals surface area contributed by atoms with Crippen LogP contribution in [0.4, 0.5) is 11.8 Å². The number of aromatic nitrogens is 4. The number of hydrogen-bond acceptors (Lipinski definition) is 10. The minimum absolute atomic E-state index is 0.443. The molecule has 2 unspecified atom stereocenters. The first kappa shape index (κ1) is 20.3. The summed E-state index contributed by atoms with van der Waals surface area (Å²) in [7, 11) is 0. The van der Waals surface area contributed by atoms with Crippen LogP contribution >= 0.6 is 22.7 Å². The van der Waals surface area contributed by atoms with E-state index in [4.69, 9.17) is 4.98 Å². The second-order valence-corrected chi connectivity index (χ2v) is 9.67. The van der Waals surface area contributed by atoms with E-state index < -0.39 is 11.8 Å². The van der Waals surface area contributed by atoms with Gasteiger partial charge in [-0.2, -0.15) is 4.98 Å². The molecular weight excluding hydrogens is 432 g/mol. The van der Waals surface area contributed by atoms with E-state index in [1.807, 2.05) is 30.5 Å². The van der Waals surface area contributed by atoms with E-state index in [0.29, 0.717) is 31.2 Å². The van der Waals surface area contributed by atoms with Crippen LogP contribution in [0.25, 0.3) is 20.8 Å². The minimum Gasteiger partial charge on any atom is -0.388 e. The van der Waals surface area contributed by atoms with Gasteiger partial charge in [-0.25, -0.2) is 9.97 Å². The average Bonchev–Trinajstić information content (AvgIpc) is 3.47. The van der Waals surface area contributed by atoms with E-state index in [2.05, 4.69) is 25.6 Å². The van der Waals surface area contributed by atoms with Gasteiger partial charge in [0, 0.05) is 11.1 Å². The molecule has 2 atom stereocenters. The Hall–Kier alpha value is -2.66. The van der Waals surface area contributed by atoms with E-state index >= 15 is 0 Å². The van der Waals surface area contributed by atoms with E-state index in [-0.39, 0.29) is 0 Å². The largest absolute Gasteiger partial charge is 0.388 e. The number of aliphatic hydroxyl groups is 2. The van der Waals surface area contributed by atoms with Gasteiger partial charge in [-0.05, 0) is 43.7 Å². The van der Waals surface area contributed by atoms with Crippen LogP contribution in [0.2, 0.25) is 0 Å². The fraction of sp³-hybridized carbons (Fsp3) is 0.333. The minimum atomic E-state index is -1.43. The summed E-state index contributed by atoms with van der Waals surface area (Å²) in [5.74, 6) is 0.910. The van der Waals surface area contributed by atoms with Crippen LogP contribution in [0.5, 0.6) is 0 Å². The summed E-state index contributed by atoms with van der Waals surface area (Å²) in [5, 5.41) is 30.5. The van der Waals surface area contributed by atoms with E-state index in [0.717, 1.165) is 32.9 Å². The molecular formula is C21H22N6O2S2. The van der Waals surface area contributed by atoms with Gasteiger partial charge < -0.3 is 20.8 Å². The van der Waals surface area contributed by atoms with Gasteiger partial charge in [0.2, 0.25) is 5.95 Å². The van der Waals surface area contributed by atoms with Crippen LogP contribution in [-0.2, 0) is 6.54 Å². The molecule has 1 aliphatic rings. The third-order valence-electron chi connectivity index (χ3n) is 5.42. The monoisotopic (exact) mass is 454 g/mol. The number of aryl methyl sites for hydroxylation is 1. The van der Waals surface area contributed by atoms with Crippen LogP contribution in [0.1, 0.15) is 29.8 Å². The van der Waals surface area contributed by atoms with Crippen LogP contribution in [0.15, 0.2) is 36.0 Å². The van der Waals surface area contributed by atoms with Crippen molar-refractivity contribution in [3.63, 3.8) is 0 Å². The van der Waals surface area contributed by atoms with E-state index in [1.165, 1.54) is 16.2 Å². The van der Waals surface area contributed by atoms with Crippen molar-refractivity contribution >= 4 is 44.7 Å². The molecule has 4 N–H and O–H groups in total. The molecule has 31 heavy (non-hydrogen) atoms. The zero-order chi connectivity index (χ0) is 21.4. The van der Waals surface area contributed by atoms with Crippen molar-refractivity contribution in [1.82, 2.24) is 19.9 Å². The topological polar surface area (TPSA) is 116 Å². The van der Waals surface area contributed by atoms with Gasteiger partial charge in [-0.15, -0.1) is 22.7 Å². The highest BCUT2D eigenvalue weighted by atomic mass is 32.1. The molecule has 0 saturated heterocycles. The van der Waals surface area contributed by atoms with Gasteiger partial charge in [0.1, 0.15) is 22.4 Å². The quantitative estimate of drug-likeness (QED) is 0.325. The predicted octanol–water partition coefficient (Wildman–Crippen LogP) is 3.78. The Morgan fingerprint density at radius 3 is 2.90 bits per heavy atom. The number of nitrogens with zero attached hydrogens (tertiary/aromatic N) is 4. The van der Waals surface area contributed by atoms with Crippen molar-refractivity contribution in [3.8, 4) is 10.6 Å². The van der Waals surface area contributed by atoms with Gasteiger partial charge in [-0.3, -0.25) is 4.98 Å². The van der Waals surface area contributed by atoms with Crippen molar-refractivity contribution in [3.05, 3.63) is 46.5 Å². The Morgan fingerprint density at radius 1 is 1.26 bits per heavy atom. The zero-order valence-electron chi connectivity index (χ0n) is 16.9. The lowest BCUT2D eigenvalue weighted by atomic mass is 10.1. The van der Waals surface area contributed by atoms with Crippen molar-refractivity contribution in [2.45, 2.75) is 44.6 Å². The standard InChI is InChI=1S/C21H22N6O2S2/c1-12-17(19-25-14-11-22-8-6-15(14)31-19)18(27-21(29)7-2-5-16(21)28)26-20(24-12)23-10-13-4-3-9-30-13/h3-4,6,8-9,11,16,28-29H,2,5,7,10H2,1H3,(H2,23,24,26,27). The average molecular weight is 455 g/mol. The number of aliphatic hydroxyl groups excluding tert-OH is 1. The lowest BCUT2D eigenvalue weighted by Crippen LogP contribution is -2.45. The number of pyridine rings is 1. The normalized spacial score (nSPS) is 20.9. The fourth-order valence-corrected chi connectivity index (χ4v) is 5.46. The summed E-state index contributed by atoms with van der Waals surface area (Å²) >= 11 is 3.18. The van der Waals surface area contributed by atoms with Gasteiger partial charge in [0.25, 0.3) is 0 Å². The summed E-state index contributed by atoms with van der Waals surface area (Å²) in [4.78, 5) is 19.3.